The summed E-state index contributed by atoms with van der Waals surface area (Å²) < 4.78 is 33.7. The number of hydrogen-bond acceptors (Lipinski definition) is 8. The van der Waals surface area contributed by atoms with Crippen molar-refractivity contribution in [3.63, 3.8) is 0 Å². The predicted molar refractivity (Wildman–Crippen MR) is 111 cm³/mol. The fourth-order valence-corrected chi connectivity index (χ4v) is 2.95. The highest BCUT2D eigenvalue weighted by Crippen LogP contribution is 2.26. The van der Waals surface area contributed by atoms with E-state index < -0.39 is 21.0 Å². The van der Waals surface area contributed by atoms with Gasteiger partial charge in [-0.15, -0.1) is 10.2 Å². The Balaban J connectivity index is 2.00. The summed E-state index contributed by atoms with van der Waals surface area (Å²) in [6.45, 7) is 0. The lowest BCUT2D eigenvalue weighted by molar-refractivity contribution is 0.0697. The van der Waals surface area contributed by atoms with Crippen molar-refractivity contribution in [2.24, 2.45) is 15.3 Å². The number of nitrogens with one attached hydrogen (secondary N) is 1. The Morgan fingerprint density at radius 3 is 2.32 bits per heavy atom. The van der Waals surface area contributed by atoms with Crippen molar-refractivity contribution in [1.82, 2.24) is 0 Å². The molecule has 0 aliphatic rings. The number of amidine groups is 1. The van der Waals surface area contributed by atoms with Crippen molar-refractivity contribution in [3.05, 3.63) is 83.9 Å². The second-order valence-electron chi connectivity index (χ2n) is 6.07. The molecule has 0 saturated heterocycles. The van der Waals surface area contributed by atoms with Gasteiger partial charge in [0.15, 0.2) is 0 Å². The fraction of sp³-hybridized carbons (Fsp3) is 0. The zero-order chi connectivity index (χ0) is 22.4. The van der Waals surface area contributed by atoms with Crippen LogP contribution in [0.4, 0.5) is 11.4 Å². The van der Waals surface area contributed by atoms with Crippen molar-refractivity contribution in [3.8, 4) is 5.75 Å². The number of benzene rings is 3. The molecule has 3 aromatic carbocycles. The molecule has 0 amide bonds. The summed E-state index contributed by atoms with van der Waals surface area (Å²) in [5.41, 5.74) is 2.85. The van der Waals surface area contributed by atoms with Crippen LogP contribution in [0.15, 0.2) is 93.0 Å². The molecule has 0 unspecified atom stereocenters. The summed E-state index contributed by atoms with van der Waals surface area (Å²) in [6.07, 6.45) is 0. The molecule has 31 heavy (non-hydrogen) atoms. The Morgan fingerprint density at radius 1 is 0.968 bits per heavy atom. The number of rotatable bonds is 6. The van der Waals surface area contributed by atoms with Crippen LogP contribution in [-0.2, 0) is 10.1 Å². The molecule has 0 spiro atoms. The number of nitrogens with zero attached hydrogens (tertiary/aromatic N) is 3. The van der Waals surface area contributed by atoms with Crippen molar-refractivity contribution < 1.29 is 28.0 Å². The first kappa shape index (κ1) is 21.6. The number of aromatic hydroxyl groups is 1. The lowest BCUT2D eigenvalue weighted by Crippen LogP contribution is -2.03. The lowest BCUT2D eigenvalue weighted by atomic mass is 10.2. The van der Waals surface area contributed by atoms with Gasteiger partial charge >= 0.3 is 5.97 Å². The van der Waals surface area contributed by atoms with Crippen LogP contribution in [0.3, 0.4) is 0 Å². The average Bonchev–Trinajstić information content (AvgIpc) is 2.75. The molecule has 0 atom stereocenters. The molecule has 3 rings (SSSR count). The van der Waals surface area contributed by atoms with Crippen LogP contribution in [0.2, 0.25) is 0 Å². The number of phenolic OH excluding ortho intramolecular Hbond substituents is 1. The smallest absolute Gasteiger partial charge is 0.337 e. The van der Waals surface area contributed by atoms with E-state index in [-0.39, 0.29) is 28.5 Å². The standard InChI is InChI=1S/C20H16N4O6S/c25-18-11-10-14(31(28,29)30)12-17(18)22-24-19(13-6-2-1-3-7-13)23-21-16-9-5-4-8-15(16)20(26)27/h1-12,22,25H,(H,26,27)(H,28,29,30)/p-1. The zero-order valence-electron chi connectivity index (χ0n) is 15.7. The molecule has 3 aromatic rings. The molecule has 0 radical (unpaired) electrons. The Kier molecular flexibility index (Phi) is 6.38. The molecule has 0 aromatic heterocycles. The van der Waals surface area contributed by atoms with Gasteiger partial charge in [0, 0.05) is 5.56 Å². The largest absolute Gasteiger partial charge is 0.744 e. The predicted octanol–water partition coefficient (Wildman–Crippen LogP) is 3.55. The highest BCUT2D eigenvalue weighted by Gasteiger charge is 2.10. The van der Waals surface area contributed by atoms with Gasteiger partial charge in [-0.1, -0.05) is 42.5 Å². The SMILES string of the molecule is O=C(O)c1ccccc1N=NC(=NNc1cc(S(=O)(=O)[O-])ccc1O)c1ccccc1. The van der Waals surface area contributed by atoms with Crippen LogP contribution >= 0.6 is 0 Å². The Bertz CT molecular complexity index is 1270. The molecule has 0 aliphatic carbocycles. The monoisotopic (exact) mass is 439 g/mol. The van der Waals surface area contributed by atoms with Gasteiger partial charge in [0.25, 0.3) is 0 Å². The van der Waals surface area contributed by atoms with Gasteiger partial charge < -0.3 is 14.8 Å². The molecule has 158 valence electrons. The molecule has 3 N–H and O–H groups in total. The van der Waals surface area contributed by atoms with E-state index in [0.717, 1.165) is 18.2 Å². The second kappa shape index (κ2) is 9.15. The van der Waals surface area contributed by atoms with E-state index in [4.69, 9.17) is 0 Å². The number of azo groups is 1. The van der Waals surface area contributed by atoms with E-state index in [1.807, 2.05) is 0 Å². The van der Waals surface area contributed by atoms with Crippen LogP contribution in [0.5, 0.6) is 5.75 Å². The number of anilines is 1. The number of carboxylic acids is 1. The minimum absolute atomic E-state index is 0.00979. The normalized spacial score (nSPS) is 12.1. The highest BCUT2D eigenvalue weighted by atomic mass is 32.2. The van der Waals surface area contributed by atoms with Crippen LogP contribution in [0.1, 0.15) is 15.9 Å². The van der Waals surface area contributed by atoms with E-state index in [1.54, 1.807) is 42.5 Å². The zero-order valence-corrected chi connectivity index (χ0v) is 16.5. The topological polar surface area (TPSA) is 164 Å². The number of carboxylic acid groups (broad SMARTS) is 1. The maximum atomic E-state index is 11.4. The van der Waals surface area contributed by atoms with E-state index in [9.17, 15) is 28.0 Å². The maximum absolute atomic E-state index is 11.4. The van der Waals surface area contributed by atoms with Gasteiger partial charge in [0.2, 0.25) is 5.84 Å². The van der Waals surface area contributed by atoms with Gasteiger partial charge in [-0.05, 0) is 30.3 Å². The summed E-state index contributed by atoms with van der Waals surface area (Å²) in [7, 11) is -4.74. The van der Waals surface area contributed by atoms with Crippen LogP contribution < -0.4 is 5.43 Å². The molecular weight excluding hydrogens is 424 g/mol. The van der Waals surface area contributed by atoms with Crippen LogP contribution in [0, 0.1) is 0 Å². The molecule has 0 saturated carbocycles. The first-order valence-electron chi connectivity index (χ1n) is 8.68. The van der Waals surface area contributed by atoms with Gasteiger partial charge in [-0.25, -0.2) is 13.2 Å². The average molecular weight is 439 g/mol. The first-order valence-corrected chi connectivity index (χ1v) is 10.1. The number of phenols is 1. The van der Waals surface area contributed by atoms with E-state index >= 15 is 0 Å². The van der Waals surface area contributed by atoms with Crippen molar-refractivity contribution in [2.45, 2.75) is 4.90 Å². The Labute approximate surface area is 177 Å². The van der Waals surface area contributed by atoms with Gasteiger partial charge in [-0.3, -0.25) is 5.43 Å². The van der Waals surface area contributed by atoms with Crippen molar-refractivity contribution >= 4 is 33.3 Å². The van der Waals surface area contributed by atoms with Gasteiger partial charge in [-0.2, -0.15) is 5.10 Å². The third kappa shape index (κ3) is 5.50. The molecule has 0 bridgehead atoms. The van der Waals surface area contributed by atoms with Crippen LogP contribution in [0.25, 0.3) is 0 Å². The number of hydrazone groups is 1. The second-order valence-corrected chi connectivity index (χ2v) is 7.45. The van der Waals surface area contributed by atoms with E-state index in [1.165, 1.54) is 12.1 Å². The van der Waals surface area contributed by atoms with Gasteiger partial charge in [0.05, 0.1) is 16.1 Å². The summed E-state index contributed by atoms with van der Waals surface area (Å²) in [6, 6.07) is 17.5. The number of carbonyl (C=O) groups is 1. The minimum atomic E-state index is -4.74. The summed E-state index contributed by atoms with van der Waals surface area (Å²) in [5, 5.41) is 31.2. The lowest BCUT2D eigenvalue weighted by Gasteiger charge is -2.10. The molecular formula is C20H15N4O6S-. The summed E-state index contributed by atoms with van der Waals surface area (Å²) in [4.78, 5) is 10.8. The third-order valence-corrected chi connectivity index (χ3v) is 4.79. The quantitative estimate of drug-likeness (QED) is 0.132. The van der Waals surface area contributed by atoms with Crippen LogP contribution in [-0.4, -0.2) is 35.0 Å². The Hall–Kier alpha value is -4.09. The van der Waals surface area contributed by atoms with Crippen molar-refractivity contribution in [2.75, 3.05) is 5.43 Å². The number of aromatic carboxylic acids is 1. The van der Waals surface area contributed by atoms with Crippen molar-refractivity contribution in [1.29, 1.82) is 0 Å². The minimum Gasteiger partial charge on any atom is -0.744 e. The summed E-state index contributed by atoms with van der Waals surface area (Å²) in [5.74, 6) is -1.52. The molecule has 0 heterocycles. The van der Waals surface area contributed by atoms with E-state index in [2.05, 4.69) is 20.8 Å². The van der Waals surface area contributed by atoms with E-state index in [0.29, 0.717) is 5.56 Å². The number of hydrogen-bond donors (Lipinski definition) is 3. The summed E-state index contributed by atoms with van der Waals surface area (Å²) >= 11 is 0. The third-order valence-electron chi connectivity index (χ3n) is 3.96. The first-order chi connectivity index (χ1) is 14.8. The molecule has 0 fully saturated rings. The molecule has 0 aliphatic heterocycles. The Morgan fingerprint density at radius 2 is 1.65 bits per heavy atom. The highest BCUT2D eigenvalue weighted by molar-refractivity contribution is 7.85. The maximum Gasteiger partial charge on any atom is 0.337 e. The fourth-order valence-electron chi connectivity index (χ4n) is 2.45. The van der Waals surface area contributed by atoms with Gasteiger partial charge in [0.1, 0.15) is 21.6 Å². The molecule has 10 nitrogen and oxygen atoms in total. The molecule has 11 heteroatoms.